The van der Waals surface area contributed by atoms with Crippen LogP contribution in [0.2, 0.25) is 0 Å². The van der Waals surface area contributed by atoms with Gasteiger partial charge in [-0.3, -0.25) is 9.59 Å². The fraction of sp³-hybridized carbons (Fsp3) is 0.500. The molecule has 6 heteroatoms. The molecule has 1 aromatic carbocycles. The van der Waals surface area contributed by atoms with Crippen molar-refractivity contribution >= 4 is 17.5 Å². The summed E-state index contributed by atoms with van der Waals surface area (Å²) >= 11 is 0. The third-order valence-corrected chi connectivity index (χ3v) is 5.24. The van der Waals surface area contributed by atoms with Gasteiger partial charge < -0.3 is 4.90 Å². The minimum atomic E-state index is -0.329. The molecule has 0 spiro atoms. The van der Waals surface area contributed by atoms with Gasteiger partial charge in [-0.05, 0) is 25.3 Å². The fourth-order valence-corrected chi connectivity index (χ4v) is 3.33. The van der Waals surface area contributed by atoms with Crippen LogP contribution in [-0.4, -0.2) is 47.1 Å². The summed E-state index contributed by atoms with van der Waals surface area (Å²) in [4.78, 5) is 26.5. The Bertz CT molecular complexity index is 743. The Kier molecular flexibility index (Phi) is 5.36. The molecule has 1 saturated heterocycles. The molecule has 0 radical (unpaired) electrons. The molecule has 6 nitrogen and oxygen atoms in total. The molecule has 0 saturated carbocycles. The van der Waals surface area contributed by atoms with Gasteiger partial charge in [0.05, 0.1) is 23.7 Å². The van der Waals surface area contributed by atoms with E-state index < -0.39 is 0 Å². The molecule has 136 valence electrons. The summed E-state index contributed by atoms with van der Waals surface area (Å²) in [6, 6.07) is 12.2. The van der Waals surface area contributed by atoms with Gasteiger partial charge in [-0.25, -0.2) is 5.01 Å². The van der Waals surface area contributed by atoms with Crippen LogP contribution in [0.5, 0.6) is 0 Å². The van der Waals surface area contributed by atoms with Crippen LogP contribution >= 0.6 is 0 Å². The van der Waals surface area contributed by atoms with Crippen molar-refractivity contribution in [2.75, 3.05) is 19.6 Å². The highest BCUT2D eigenvalue weighted by atomic mass is 16.2. The summed E-state index contributed by atoms with van der Waals surface area (Å²) in [6.45, 7) is 3.70. The lowest BCUT2D eigenvalue weighted by Gasteiger charge is -2.35. The molecular formula is C20H24N4O2. The number of carbonyl (C=O) groups excluding carboxylic acids is 2. The van der Waals surface area contributed by atoms with Crippen LogP contribution in [0.25, 0.3) is 0 Å². The van der Waals surface area contributed by atoms with E-state index in [4.69, 9.17) is 5.26 Å². The van der Waals surface area contributed by atoms with E-state index in [2.05, 4.69) is 11.2 Å². The van der Waals surface area contributed by atoms with Crippen molar-refractivity contribution in [3.63, 3.8) is 0 Å². The smallest absolute Gasteiger partial charge is 0.243 e. The number of hydrogen-bond acceptors (Lipinski definition) is 4. The van der Waals surface area contributed by atoms with E-state index in [1.807, 2.05) is 37.3 Å². The van der Waals surface area contributed by atoms with Crippen molar-refractivity contribution < 1.29 is 9.59 Å². The summed E-state index contributed by atoms with van der Waals surface area (Å²) < 4.78 is 0. The lowest BCUT2D eigenvalue weighted by atomic mass is 9.82. The highest BCUT2D eigenvalue weighted by Gasteiger charge is 2.32. The Balaban J connectivity index is 1.48. The molecule has 0 aromatic heterocycles. The van der Waals surface area contributed by atoms with Gasteiger partial charge in [-0.1, -0.05) is 30.3 Å². The van der Waals surface area contributed by atoms with Gasteiger partial charge in [0.1, 0.15) is 0 Å². The van der Waals surface area contributed by atoms with Crippen LogP contribution in [0.1, 0.15) is 44.6 Å². The third kappa shape index (κ3) is 4.10. The predicted octanol–water partition coefficient (Wildman–Crippen LogP) is 2.56. The topological polar surface area (TPSA) is 76.8 Å². The van der Waals surface area contributed by atoms with Crippen LogP contribution in [-0.2, 0) is 9.59 Å². The summed E-state index contributed by atoms with van der Waals surface area (Å²) in [7, 11) is 0. The van der Waals surface area contributed by atoms with Crippen LogP contribution in [0.15, 0.2) is 35.4 Å². The number of benzene rings is 1. The molecule has 0 atom stereocenters. The second-order valence-electron chi connectivity index (χ2n) is 7.23. The van der Waals surface area contributed by atoms with E-state index in [0.29, 0.717) is 32.5 Å². The molecule has 1 fully saturated rings. The van der Waals surface area contributed by atoms with Crippen molar-refractivity contribution in [3.8, 4) is 6.07 Å². The van der Waals surface area contributed by atoms with Gasteiger partial charge >= 0.3 is 0 Å². The standard InChI is InChI=1S/C20H24N4O2/c1-20(15-21)10-13-23(14-11-20)18(25)7-8-19(26)24-12-9-17(22-24)16-5-3-2-4-6-16/h2-6H,7-14H2,1H3. The van der Waals surface area contributed by atoms with E-state index in [9.17, 15) is 9.59 Å². The van der Waals surface area contributed by atoms with Gasteiger partial charge in [0.2, 0.25) is 11.8 Å². The molecule has 0 N–H and O–H groups in total. The van der Waals surface area contributed by atoms with Crippen molar-refractivity contribution in [3.05, 3.63) is 35.9 Å². The second kappa shape index (κ2) is 7.69. The average molecular weight is 352 g/mol. The average Bonchev–Trinajstić information content (AvgIpc) is 3.17. The molecular weight excluding hydrogens is 328 g/mol. The molecule has 2 heterocycles. The Labute approximate surface area is 154 Å². The normalized spacial score (nSPS) is 19.0. The zero-order valence-electron chi connectivity index (χ0n) is 15.1. The number of amides is 2. The van der Waals surface area contributed by atoms with E-state index in [-0.39, 0.29) is 30.1 Å². The molecule has 0 unspecified atom stereocenters. The second-order valence-corrected chi connectivity index (χ2v) is 7.23. The van der Waals surface area contributed by atoms with E-state index in [0.717, 1.165) is 17.7 Å². The molecule has 2 amide bonds. The number of hydrazone groups is 1. The maximum atomic E-state index is 12.4. The molecule has 2 aliphatic heterocycles. The lowest BCUT2D eigenvalue weighted by molar-refractivity contribution is -0.137. The number of likely N-dealkylation sites (tertiary alicyclic amines) is 1. The summed E-state index contributed by atoms with van der Waals surface area (Å²) in [6.07, 6.45) is 2.51. The van der Waals surface area contributed by atoms with Crippen LogP contribution in [0, 0.1) is 16.7 Å². The predicted molar refractivity (Wildman–Crippen MR) is 98.1 cm³/mol. The van der Waals surface area contributed by atoms with E-state index >= 15 is 0 Å². The minimum Gasteiger partial charge on any atom is -0.343 e. The molecule has 0 aliphatic carbocycles. The first-order valence-corrected chi connectivity index (χ1v) is 9.13. The molecule has 1 aromatic rings. The first-order valence-electron chi connectivity index (χ1n) is 9.13. The van der Waals surface area contributed by atoms with Crippen molar-refractivity contribution in [1.29, 1.82) is 5.26 Å². The van der Waals surface area contributed by atoms with Crippen molar-refractivity contribution in [1.82, 2.24) is 9.91 Å². The molecule has 26 heavy (non-hydrogen) atoms. The Morgan fingerprint density at radius 2 is 1.77 bits per heavy atom. The van der Waals surface area contributed by atoms with Crippen LogP contribution in [0.3, 0.4) is 0 Å². The number of hydrogen-bond donors (Lipinski definition) is 0. The number of nitriles is 1. The maximum Gasteiger partial charge on any atom is 0.243 e. The SMILES string of the molecule is CC1(C#N)CCN(C(=O)CCC(=O)N2CCC(c3ccccc3)=N2)CC1. The highest BCUT2D eigenvalue weighted by Crippen LogP contribution is 2.30. The largest absolute Gasteiger partial charge is 0.343 e. The highest BCUT2D eigenvalue weighted by molar-refractivity contribution is 6.02. The zero-order chi connectivity index (χ0) is 18.6. The van der Waals surface area contributed by atoms with E-state index in [1.54, 1.807) is 4.90 Å². The monoisotopic (exact) mass is 352 g/mol. The maximum absolute atomic E-state index is 12.4. The van der Waals surface area contributed by atoms with Gasteiger partial charge in [0, 0.05) is 32.4 Å². The Morgan fingerprint density at radius 1 is 1.12 bits per heavy atom. The van der Waals surface area contributed by atoms with Gasteiger partial charge in [-0.2, -0.15) is 10.4 Å². The molecule has 2 aliphatic rings. The number of carbonyl (C=O) groups is 2. The summed E-state index contributed by atoms with van der Waals surface area (Å²) in [5, 5.41) is 15.1. The summed E-state index contributed by atoms with van der Waals surface area (Å²) in [5.41, 5.74) is 1.62. The Hall–Kier alpha value is -2.68. The lowest BCUT2D eigenvalue weighted by Crippen LogP contribution is -2.42. The number of nitrogens with zero attached hydrogens (tertiary/aromatic N) is 4. The molecule has 3 rings (SSSR count). The third-order valence-electron chi connectivity index (χ3n) is 5.24. The number of rotatable bonds is 4. The first kappa shape index (κ1) is 18.1. The van der Waals surface area contributed by atoms with Crippen LogP contribution in [0.4, 0.5) is 0 Å². The van der Waals surface area contributed by atoms with Crippen LogP contribution < -0.4 is 0 Å². The van der Waals surface area contributed by atoms with E-state index in [1.165, 1.54) is 5.01 Å². The number of piperidine rings is 1. The van der Waals surface area contributed by atoms with Crippen molar-refractivity contribution in [2.45, 2.75) is 39.0 Å². The van der Waals surface area contributed by atoms with Gasteiger partial charge in [0.15, 0.2) is 0 Å². The fourth-order valence-electron chi connectivity index (χ4n) is 3.33. The summed E-state index contributed by atoms with van der Waals surface area (Å²) in [5.74, 6) is -0.118. The zero-order valence-corrected chi connectivity index (χ0v) is 15.1. The minimum absolute atomic E-state index is 0.00945. The molecule has 0 bridgehead atoms. The van der Waals surface area contributed by atoms with Gasteiger partial charge in [0.25, 0.3) is 0 Å². The van der Waals surface area contributed by atoms with Gasteiger partial charge in [-0.15, -0.1) is 0 Å². The quantitative estimate of drug-likeness (QED) is 0.835. The van der Waals surface area contributed by atoms with Crippen molar-refractivity contribution in [2.24, 2.45) is 10.5 Å². The first-order chi connectivity index (χ1) is 12.5. The Morgan fingerprint density at radius 3 is 2.42 bits per heavy atom.